The zero-order valence-corrected chi connectivity index (χ0v) is 9.64. The summed E-state index contributed by atoms with van der Waals surface area (Å²) >= 11 is 0. The van der Waals surface area contributed by atoms with Crippen LogP contribution >= 0.6 is 12.4 Å². The first-order valence-corrected chi connectivity index (χ1v) is 4.74. The van der Waals surface area contributed by atoms with Gasteiger partial charge in [0.2, 0.25) is 0 Å². The quantitative estimate of drug-likeness (QED) is 0.798. The normalized spacial score (nSPS) is 16.9. The average Bonchev–Trinajstić information content (AvgIpc) is 2.19. The molecule has 1 aromatic rings. The molecule has 0 bridgehead atoms. The van der Waals surface area contributed by atoms with E-state index in [9.17, 15) is 9.18 Å². The largest absolute Gasteiger partial charge is 0.468 e. The third-order valence-electron chi connectivity index (χ3n) is 2.83. The standard InChI is InChI=1S/C11H12FNO2.ClH/c1-15-10(14)11(6-13-7-11)8-2-4-9(12)5-3-8;/h2-5,13H,6-7H2,1H3;1H. The number of nitrogens with one attached hydrogen (secondary N) is 1. The molecule has 1 heterocycles. The van der Waals surface area contributed by atoms with E-state index in [4.69, 9.17) is 4.74 Å². The fraction of sp³-hybridized carbons (Fsp3) is 0.364. The zero-order chi connectivity index (χ0) is 10.9. The van der Waals surface area contributed by atoms with Gasteiger partial charge in [0.1, 0.15) is 11.2 Å². The molecule has 1 aliphatic heterocycles. The Kier molecular flexibility index (Phi) is 3.88. The number of methoxy groups -OCH3 is 1. The lowest BCUT2D eigenvalue weighted by Gasteiger charge is -2.40. The number of hydrogen-bond donors (Lipinski definition) is 1. The van der Waals surface area contributed by atoms with E-state index in [1.54, 1.807) is 12.1 Å². The van der Waals surface area contributed by atoms with Crippen LogP contribution in [0.15, 0.2) is 24.3 Å². The Morgan fingerprint density at radius 3 is 2.31 bits per heavy atom. The van der Waals surface area contributed by atoms with E-state index in [1.807, 2.05) is 0 Å². The van der Waals surface area contributed by atoms with Crippen molar-refractivity contribution in [3.63, 3.8) is 0 Å². The molecule has 0 spiro atoms. The summed E-state index contributed by atoms with van der Waals surface area (Å²) < 4.78 is 17.5. The second-order valence-electron chi connectivity index (χ2n) is 3.68. The minimum Gasteiger partial charge on any atom is -0.468 e. The Labute approximate surface area is 99.4 Å². The van der Waals surface area contributed by atoms with Crippen LogP contribution in [0.5, 0.6) is 0 Å². The van der Waals surface area contributed by atoms with Crippen LogP contribution in [-0.4, -0.2) is 26.2 Å². The molecule has 5 heteroatoms. The van der Waals surface area contributed by atoms with Crippen molar-refractivity contribution in [1.82, 2.24) is 5.32 Å². The van der Waals surface area contributed by atoms with Gasteiger partial charge < -0.3 is 10.1 Å². The number of esters is 1. The minimum absolute atomic E-state index is 0. The van der Waals surface area contributed by atoms with E-state index < -0.39 is 5.41 Å². The summed E-state index contributed by atoms with van der Waals surface area (Å²) in [5.41, 5.74) is 0.178. The SMILES string of the molecule is COC(=O)C1(c2ccc(F)cc2)CNC1.Cl. The van der Waals surface area contributed by atoms with Crippen molar-refractivity contribution in [1.29, 1.82) is 0 Å². The summed E-state index contributed by atoms with van der Waals surface area (Å²) in [6.07, 6.45) is 0. The molecule has 0 saturated carbocycles. The van der Waals surface area contributed by atoms with Crippen LogP contribution in [0.4, 0.5) is 4.39 Å². The second kappa shape index (κ2) is 4.80. The summed E-state index contributed by atoms with van der Waals surface area (Å²) in [4.78, 5) is 11.6. The van der Waals surface area contributed by atoms with Crippen LogP contribution in [0.3, 0.4) is 0 Å². The zero-order valence-electron chi connectivity index (χ0n) is 8.83. The van der Waals surface area contributed by atoms with Crippen molar-refractivity contribution < 1.29 is 13.9 Å². The smallest absolute Gasteiger partial charge is 0.318 e. The number of benzene rings is 1. The maximum absolute atomic E-state index is 12.7. The van der Waals surface area contributed by atoms with Gasteiger partial charge in [-0.2, -0.15) is 0 Å². The Bertz CT molecular complexity index is 376. The van der Waals surface area contributed by atoms with Gasteiger partial charge in [0.05, 0.1) is 7.11 Å². The summed E-state index contributed by atoms with van der Waals surface area (Å²) in [7, 11) is 1.37. The highest BCUT2D eigenvalue weighted by molar-refractivity contribution is 5.85. The van der Waals surface area contributed by atoms with Crippen LogP contribution in [0.1, 0.15) is 5.56 Å². The minimum atomic E-state index is -0.623. The maximum Gasteiger partial charge on any atom is 0.318 e. The number of carbonyl (C=O) groups excluding carboxylic acids is 1. The van der Waals surface area contributed by atoms with Crippen LogP contribution in [0, 0.1) is 5.82 Å². The van der Waals surface area contributed by atoms with Gasteiger partial charge >= 0.3 is 5.97 Å². The van der Waals surface area contributed by atoms with Crippen molar-refractivity contribution in [2.45, 2.75) is 5.41 Å². The summed E-state index contributed by atoms with van der Waals surface area (Å²) in [5, 5.41) is 3.04. The van der Waals surface area contributed by atoms with Crippen molar-refractivity contribution in [2.75, 3.05) is 20.2 Å². The molecule has 1 N–H and O–H groups in total. The Morgan fingerprint density at radius 2 is 1.94 bits per heavy atom. The van der Waals surface area contributed by atoms with E-state index in [1.165, 1.54) is 19.2 Å². The summed E-state index contributed by atoms with van der Waals surface area (Å²) in [5.74, 6) is -0.570. The van der Waals surface area contributed by atoms with E-state index in [0.717, 1.165) is 5.56 Å². The molecule has 0 aliphatic carbocycles. The van der Waals surface area contributed by atoms with E-state index in [2.05, 4.69) is 5.32 Å². The highest BCUT2D eigenvalue weighted by atomic mass is 35.5. The van der Waals surface area contributed by atoms with Crippen molar-refractivity contribution in [3.05, 3.63) is 35.6 Å². The van der Waals surface area contributed by atoms with Crippen molar-refractivity contribution >= 4 is 18.4 Å². The Balaban J connectivity index is 0.00000128. The van der Waals surface area contributed by atoms with E-state index in [-0.39, 0.29) is 24.2 Å². The van der Waals surface area contributed by atoms with Crippen molar-refractivity contribution in [3.8, 4) is 0 Å². The molecule has 0 radical (unpaired) electrons. The van der Waals surface area contributed by atoms with Gasteiger partial charge in [-0.15, -0.1) is 12.4 Å². The fourth-order valence-corrected chi connectivity index (χ4v) is 1.81. The molecule has 3 nitrogen and oxygen atoms in total. The van der Waals surface area contributed by atoms with Gasteiger partial charge in [0.15, 0.2) is 0 Å². The Morgan fingerprint density at radius 1 is 1.38 bits per heavy atom. The highest BCUT2D eigenvalue weighted by Gasteiger charge is 2.46. The highest BCUT2D eigenvalue weighted by Crippen LogP contribution is 2.29. The monoisotopic (exact) mass is 245 g/mol. The molecule has 2 rings (SSSR count). The van der Waals surface area contributed by atoms with Gasteiger partial charge in [-0.1, -0.05) is 12.1 Å². The number of hydrogen-bond acceptors (Lipinski definition) is 3. The second-order valence-corrected chi connectivity index (χ2v) is 3.68. The van der Waals surface area contributed by atoms with Gasteiger partial charge in [-0.3, -0.25) is 4.79 Å². The third-order valence-corrected chi connectivity index (χ3v) is 2.83. The van der Waals surface area contributed by atoms with Crippen LogP contribution in [0.2, 0.25) is 0 Å². The number of ether oxygens (including phenoxy) is 1. The molecule has 0 amide bonds. The van der Waals surface area contributed by atoms with Gasteiger partial charge in [-0.05, 0) is 17.7 Å². The first-order valence-electron chi connectivity index (χ1n) is 4.74. The molecule has 1 aromatic carbocycles. The van der Waals surface area contributed by atoms with E-state index >= 15 is 0 Å². The summed E-state index contributed by atoms with van der Waals surface area (Å²) in [6.45, 7) is 1.09. The van der Waals surface area contributed by atoms with Crippen molar-refractivity contribution in [2.24, 2.45) is 0 Å². The predicted octanol–water partition coefficient (Wildman–Crippen LogP) is 1.26. The maximum atomic E-state index is 12.7. The van der Waals surface area contributed by atoms with Crippen LogP contribution in [-0.2, 0) is 14.9 Å². The van der Waals surface area contributed by atoms with E-state index in [0.29, 0.717) is 13.1 Å². The van der Waals surface area contributed by atoms with Crippen LogP contribution in [0.25, 0.3) is 0 Å². The molecular weight excluding hydrogens is 233 g/mol. The summed E-state index contributed by atoms with van der Waals surface area (Å²) in [6, 6.07) is 5.98. The molecule has 1 fully saturated rings. The van der Waals surface area contributed by atoms with Gasteiger partial charge in [0.25, 0.3) is 0 Å². The number of carbonyl (C=O) groups is 1. The number of halogens is 2. The molecule has 16 heavy (non-hydrogen) atoms. The molecule has 1 aliphatic rings. The lowest BCUT2D eigenvalue weighted by Crippen LogP contribution is -2.61. The topological polar surface area (TPSA) is 38.3 Å². The molecule has 88 valence electrons. The molecule has 1 saturated heterocycles. The molecular formula is C11H13ClFNO2. The lowest BCUT2D eigenvalue weighted by atomic mass is 9.75. The fourth-order valence-electron chi connectivity index (χ4n) is 1.81. The molecule has 0 atom stereocenters. The lowest BCUT2D eigenvalue weighted by molar-refractivity contribution is -0.149. The van der Waals surface area contributed by atoms with Crippen LogP contribution < -0.4 is 5.32 Å². The average molecular weight is 246 g/mol. The van der Waals surface area contributed by atoms with Gasteiger partial charge in [0, 0.05) is 13.1 Å². The molecule has 0 unspecified atom stereocenters. The third kappa shape index (κ3) is 1.90. The number of rotatable bonds is 2. The van der Waals surface area contributed by atoms with Gasteiger partial charge in [-0.25, -0.2) is 4.39 Å². The predicted molar refractivity (Wildman–Crippen MR) is 60.2 cm³/mol. The first-order chi connectivity index (χ1) is 7.19. The molecule has 0 aromatic heterocycles. The first kappa shape index (κ1) is 12.9. The Hall–Kier alpha value is -1.13.